The van der Waals surface area contributed by atoms with Gasteiger partial charge in [-0.15, -0.1) is 0 Å². The highest BCUT2D eigenvalue weighted by molar-refractivity contribution is 6.25. The number of methoxy groups -OCH3 is 1. The summed E-state index contributed by atoms with van der Waals surface area (Å²) in [5.74, 6) is 0.855. The molecule has 0 spiro atoms. The molecule has 1 aromatic carbocycles. The molecule has 0 unspecified atom stereocenters. The summed E-state index contributed by atoms with van der Waals surface area (Å²) in [6.45, 7) is 14.7. The van der Waals surface area contributed by atoms with Crippen LogP contribution in [-0.2, 0) is 0 Å². The van der Waals surface area contributed by atoms with Crippen molar-refractivity contribution in [3.05, 3.63) is 69.0 Å². The van der Waals surface area contributed by atoms with Gasteiger partial charge in [0.15, 0.2) is 0 Å². The standard InChI is InChI=1S/C25H37BN2O/c1-10-12-13-20(24(27-8)17(5)11-2)25(22(26)16(3)4)28-23-18(6)14-15-21(29-9)19(23)7/h12-15,27-28H,10-11H2,1-9H3/b13-12+,24-17?,25-20+. The van der Waals surface area contributed by atoms with Gasteiger partial charge in [-0.25, -0.2) is 0 Å². The fourth-order valence-corrected chi connectivity index (χ4v) is 3.18. The van der Waals surface area contributed by atoms with Crippen molar-refractivity contribution in [2.75, 3.05) is 19.5 Å². The van der Waals surface area contributed by atoms with E-state index in [9.17, 15) is 0 Å². The zero-order valence-electron chi connectivity index (χ0n) is 19.7. The second-order valence-corrected chi connectivity index (χ2v) is 7.48. The molecule has 2 N–H and O–H groups in total. The second kappa shape index (κ2) is 11.6. The van der Waals surface area contributed by atoms with Crippen LogP contribution in [0.4, 0.5) is 5.69 Å². The van der Waals surface area contributed by atoms with Gasteiger partial charge in [-0.1, -0.05) is 43.1 Å². The van der Waals surface area contributed by atoms with Gasteiger partial charge in [0, 0.05) is 35.3 Å². The molecule has 0 aliphatic heterocycles. The Hall–Kier alpha value is -2.36. The highest BCUT2D eigenvalue weighted by Crippen LogP contribution is 2.33. The van der Waals surface area contributed by atoms with Gasteiger partial charge in [-0.2, -0.15) is 0 Å². The predicted molar refractivity (Wildman–Crippen MR) is 129 cm³/mol. The number of rotatable bonds is 9. The molecular weight excluding hydrogens is 355 g/mol. The summed E-state index contributed by atoms with van der Waals surface area (Å²) in [7, 11) is 10.3. The number of hydrogen-bond donors (Lipinski definition) is 2. The monoisotopic (exact) mass is 392 g/mol. The lowest BCUT2D eigenvalue weighted by Crippen LogP contribution is -2.17. The number of hydrogen-bond acceptors (Lipinski definition) is 3. The van der Waals surface area contributed by atoms with Crippen LogP contribution in [0.15, 0.2) is 57.9 Å². The van der Waals surface area contributed by atoms with E-state index in [-0.39, 0.29) is 0 Å². The Bertz CT molecular complexity index is 841. The summed E-state index contributed by atoms with van der Waals surface area (Å²) in [5.41, 5.74) is 9.40. The quantitative estimate of drug-likeness (QED) is 0.382. The van der Waals surface area contributed by atoms with E-state index in [1.807, 2.05) is 27.0 Å². The first-order valence-corrected chi connectivity index (χ1v) is 10.4. The first kappa shape index (κ1) is 24.7. The van der Waals surface area contributed by atoms with Gasteiger partial charge in [0.05, 0.1) is 7.11 Å². The van der Waals surface area contributed by atoms with Gasteiger partial charge in [-0.05, 0) is 64.7 Å². The molecular formula is C25H37BN2O. The van der Waals surface area contributed by atoms with Crippen molar-refractivity contribution < 1.29 is 4.74 Å². The van der Waals surface area contributed by atoms with E-state index >= 15 is 0 Å². The lowest BCUT2D eigenvalue weighted by molar-refractivity contribution is 0.412. The van der Waals surface area contributed by atoms with E-state index < -0.39 is 0 Å². The third-order valence-electron chi connectivity index (χ3n) is 5.17. The van der Waals surface area contributed by atoms with Crippen LogP contribution in [0.2, 0.25) is 0 Å². The van der Waals surface area contributed by atoms with Gasteiger partial charge >= 0.3 is 0 Å². The van der Waals surface area contributed by atoms with Crippen molar-refractivity contribution in [2.45, 2.75) is 61.3 Å². The SMILES string of the molecule is [B]C(=C(C)C)/C(Nc1c(C)ccc(OC)c1C)=C(/C=C/CC)C(NC)=C(C)CC. The first-order chi connectivity index (χ1) is 13.7. The summed E-state index contributed by atoms with van der Waals surface area (Å²) in [6.07, 6.45) is 6.23. The molecule has 2 radical (unpaired) electrons. The second-order valence-electron chi connectivity index (χ2n) is 7.48. The molecule has 3 nitrogen and oxygen atoms in total. The molecule has 0 aliphatic rings. The number of ether oxygens (including phenoxy) is 1. The maximum atomic E-state index is 6.63. The van der Waals surface area contributed by atoms with Crippen LogP contribution in [0.3, 0.4) is 0 Å². The van der Waals surface area contributed by atoms with Crippen LogP contribution < -0.4 is 15.4 Å². The van der Waals surface area contributed by atoms with E-state index in [2.05, 4.69) is 63.5 Å². The number of aryl methyl sites for hydroxylation is 1. The number of likely N-dealkylation sites (N-methyl/N-ethyl adjacent to an activating group) is 1. The largest absolute Gasteiger partial charge is 0.496 e. The first-order valence-electron chi connectivity index (χ1n) is 10.4. The molecule has 29 heavy (non-hydrogen) atoms. The van der Waals surface area contributed by atoms with Crippen molar-refractivity contribution in [1.82, 2.24) is 5.32 Å². The molecule has 156 valence electrons. The van der Waals surface area contributed by atoms with Gasteiger partial charge in [0.25, 0.3) is 0 Å². The minimum Gasteiger partial charge on any atom is -0.496 e. The molecule has 0 amide bonds. The van der Waals surface area contributed by atoms with E-state index in [0.29, 0.717) is 0 Å². The molecule has 0 saturated carbocycles. The third kappa shape index (κ3) is 6.06. The summed E-state index contributed by atoms with van der Waals surface area (Å²) in [4.78, 5) is 0. The highest BCUT2D eigenvalue weighted by atomic mass is 16.5. The zero-order valence-corrected chi connectivity index (χ0v) is 19.7. The van der Waals surface area contributed by atoms with Crippen LogP contribution in [0.25, 0.3) is 0 Å². The smallest absolute Gasteiger partial charge is 0.123 e. The third-order valence-corrected chi connectivity index (χ3v) is 5.17. The van der Waals surface area contributed by atoms with E-state index in [4.69, 9.17) is 12.6 Å². The summed E-state index contributed by atoms with van der Waals surface area (Å²) in [6, 6.07) is 4.07. The summed E-state index contributed by atoms with van der Waals surface area (Å²) >= 11 is 0. The Balaban J connectivity index is 3.91. The average molecular weight is 392 g/mol. The molecule has 0 saturated heterocycles. The van der Waals surface area contributed by atoms with Crippen molar-refractivity contribution in [1.29, 1.82) is 0 Å². The molecule has 0 bridgehead atoms. The van der Waals surface area contributed by atoms with Crippen molar-refractivity contribution in [2.24, 2.45) is 0 Å². The van der Waals surface area contributed by atoms with Gasteiger partial charge < -0.3 is 15.4 Å². The van der Waals surface area contributed by atoms with Crippen LogP contribution in [-0.4, -0.2) is 22.0 Å². The molecule has 1 rings (SSSR count). The van der Waals surface area contributed by atoms with Crippen LogP contribution in [0.1, 0.15) is 58.6 Å². The maximum absolute atomic E-state index is 6.63. The van der Waals surface area contributed by atoms with Gasteiger partial charge in [0.1, 0.15) is 13.6 Å². The molecule has 0 atom stereocenters. The Morgan fingerprint density at radius 2 is 1.76 bits per heavy atom. The predicted octanol–water partition coefficient (Wildman–Crippen LogP) is 6.31. The summed E-state index contributed by atoms with van der Waals surface area (Å²) in [5, 5.41) is 7.07. The van der Waals surface area contributed by atoms with Crippen LogP contribution >= 0.6 is 0 Å². The van der Waals surface area contributed by atoms with Crippen molar-refractivity contribution in [3.8, 4) is 5.75 Å². The minimum atomic E-state index is 0.749. The lowest BCUT2D eigenvalue weighted by atomic mass is 9.84. The molecule has 0 heterocycles. The van der Waals surface area contributed by atoms with Crippen molar-refractivity contribution >= 4 is 13.5 Å². The average Bonchev–Trinajstić information content (AvgIpc) is 2.70. The van der Waals surface area contributed by atoms with E-state index in [0.717, 1.165) is 63.4 Å². The molecule has 1 aromatic rings. The Kier molecular flexibility index (Phi) is 9.87. The number of benzene rings is 1. The minimum absolute atomic E-state index is 0.749. The fourth-order valence-electron chi connectivity index (χ4n) is 3.18. The fraction of sp³-hybridized carbons (Fsp3) is 0.440. The summed E-state index contributed by atoms with van der Waals surface area (Å²) < 4.78 is 5.54. The molecule has 0 aromatic heterocycles. The van der Waals surface area contributed by atoms with E-state index in [1.54, 1.807) is 7.11 Å². The van der Waals surface area contributed by atoms with Crippen molar-refractivity contribution in [3.63, 3.8) is 0 Å². The normalized spacial score (nSPS) is 13.0. The number of nitrogens with one attached hydrogen (secondary N) is 2. The highest BCUT2D eigenvalue weighted by Gasteiger charge is 2.16. The molecule has 4 heteroatoms. The number of allylic oxidation sites excluding steroid dienone is 5. The van der Waals surface area contributed by atoms with Gasteiger partial charge in [0.2, 0.25) is 0 Å². The number of anilines is 1. The lowest BCUT2D eigenvalue weighted by Gasteiger charge is -2.24. The zero-order chi connectivity index (χ0) is 22.1. The molecule has 0 aliphatic carbocycles. The molecule has 0 fully saturated rings. The van der Waals surface area contributed by atoms with Crippen LogP contribution in [0, 0.1) is 13.8 Å². The topological polar surface area (TPSA) is 33.3 Å². The Morgan fingerprint density at radius 1 is 1.10 bits per heavy atom. The Labute approximate surface area is 179 Å². The Morgan fingerprint density at radius 3 is 2.24 bits per heavy atom. The van der Waals surface area contributed by atoms with E-state index in [1.165, 1.54) is 5.57 Å². The van der Waals surface area contributed by atoms with Gasteiger partial charge in [-0.3, -0.25) is 0 Å². The van der Waals surface area contributed by atoms with Crippen LogP contribution in [0.5, 0.6) is 5.75 Å². The maximum Gasteiger partial charge on any atom is 0.123 e.